The number of oxime groups is 1. The Balaban J connectivity index is 2.21. The predicted molar refractivity (Wildman–Crippen MR) is 71.5 cm³/mol. The van der Waals surface area contributed by atoms with Crippen LogP contribution in [-0.4, -0.2) is 28.3 Å². The summed E-state index contributed by atoms with van der Waals surface area (Å²) in [5.41, 5.74) is 6.35. The quantitative estimate of drug-likeness (QED) is 0.365. The maximum atomic E-state index is 12.2. The number of hydrogen-bond donors (Lipinski definition) is 2. The minimum absolute atomic E-state index is 0.157. The van der Waals surface area contributed by atoms with E-state index in [-0.39, 0.29) is 23.1 Å². The molecule has 0 bridgehead atoms. The molecule has 1 atom stereocenters. The molecule has 1 aliphatic rings. The lowest BCUT2D eigenvalue weighted by Gasteiger charge is -2.14. The van der Waals surface area contributed by atoms with Gasteiger partial charge in [0.25, 0.3) is 5.56 Å². The number of nitrogens with two attached hydrogens (primary N) is 1. The maximum Gasteiger partial charge on any atom is 0.261 e. The van der Waals surface area contributed by atoms with E-state index < -0.39 is 0 Å². The third-order valence-corrected chi connectivity index (χ3v) is 3.47. The minimum atomic E-state index is -0.228. The predicted octanol–water partition coefficient (Wildman–Crippen LogP) is 0.820. The van der Waals surface area contributed by atoms with Gasteiger partial charge in [0.05, 0.1) is 11.7 Å². The molecule has 0 amide bonds. The Morgan fingerprint density at radius 2 is 2.42 bits per heavy atom. The Kier molecular flexibility index (Phi) is 4.21. The molecule has 6 nitrogen and oxygen atoms in total. The van der Waals surface area contributed by atoms with Crippen LogP contribution in [0.4, 0.5) is 0 Å². The molecule has 0 spiro atoms. The number of nitrogens with zero attached hydrogens (tertiary/aromatic N) is 2. The van der Waals surface area contributed by atoms with E-state index in [0.29, 0.717) is 6.54 Å². The molecule has 0 aliphatic carbocycles. The highest BCUT2D eigenvalue weighted by Gasteiger charge is 2.16. The van der Waals surface area contributed by atoms with E-state index in [2.05, 4.69) is 5.16 Å². The third-order valence-electron chi connectivity index (χ3n) is 3.47. The second-order valence-corrected chi connectivity index (χ2v) is 4.75. The van der Waals surface area contributed by atoms with E-state index in [0.717, 1.165) is 31.6 Å². The van der Waals surface area contributed by atoms with Gasteiger partial charge in [-0.25, -0.2) is 0 Å². The molecule has 1 unspecified atom stereocenters. The standard InChI is InChI=1S/C13H19N3O3/c1-9-4-5-11(12(14)15-18)13(17)16(9)7-6-10-3-2-8-19-10/h4-5,10,18H,2-3,6-8H2,1H3,(H2,14,15). The van der Waals surface area contributed by atoms with Gasteiger partial charge in [-0.1, -0.05) is 5.16 Å². The number of aromatic nitrogens is 1. The van der Waals surface area contributed by atoms with Crippen molar-refractivity contribution in [3.63, 3.8) is 0 Å². The summed E-state index contributed by atoms with van der Waals surface area (Å²) in [4.78, 5) is 12.2. The van der Waals surface area contributed by atoms with Crippen LogP contribution in [0.15, 0.2) is 22.1 Å². The highest BCUT2D eigenvalue weighted by atomic mass is 16.5. The summed E-state index contributed by atoms with van der Waals surface area (Å²) in [5.74, 6) is -0.157. The second kappa shape index (κ2) is 5.88. The van der Waals surface area contributed by atoms with Crippen LogP contribution in [0.3, 0.4) is 0 Å². The normalized spacial score (nSPS) is 19.8. The molecular formula is C13H19N3O3. The first-order valence-electron chi connectivity index (χ1n) is 6.43. The fourth-order valence-corrected chi connectivity index (χ4v) is 2.34. The number of amidine groups is 1. The monoisotopic (exact) mass is 265 g/mol. The van der Waals surface area contributed by atoms with Crippen LogP contribution in [-0.2, 0) is 11.3 Å². The first-order chi connectivity index (χ1) is 9.13. The summed E-state index contributed by atoms with van der Waals surface area (Å²) in [7, 11) is 0. The summed E-state index contributed by atoms with van der Waals surface area (Å²) in [6, 6.07) is 3.37. The second-order valence-electron chi connectivity index (χ2n) is 4.75. The highest BCUT2D eigenvalue weighted by Crippen LogP contribution is 2.16. The van der Waals surface area contributed by atoms with Gasteiger partial charge in [0.1, 0.15) is 0 Å². The van der Waals surface area contributed by atoms with Gasteiger partial charge < -0.3 is 20.2 Å². The van der Waals surface area contributed by atoms with Crippen molar-refractivity contribution in [1.29, 1.82) is 0 Å². The number of ether oxygens (including phenoxy) is 1. The first-order valence-corrected chi connectivity index (χ1v) is 6.43. The Morgan fingerprint density at radius 1 is 1.63 bits per heavy atom. The molecule has 104 valence electrons. The van der Waals surface area contributed by atoms with Gasteiger partial charge in [-0.3, -0.25) is 4.79 Å². The molecule has 0 saturated carbocycles. The lowest BCUT2D eigenvalue weighted by atomic mass is 10.1. The summed E-state index contributed by atoms with van der Waals surface area (Å²) in [5, 5.41) is 11.6. The van der Waals surface area contributed by atoms with Gasteiger partial charge >= 0.3 is 0 Å². The van der Waals surface area contributed by atoms with Crippen molar-refractivity contribution >= 4 is 5.84 Å². The van der Waals surface area contributed by atoms with E-state index in [1.54, 1.807) is 16.7 Å². The SMILES string of the molecule is Cc1ccc(/C(N)=N/O)c(=O)n1CCC1CCCO1. The summed E-state index contributed by atoms with van der Waals surface area (Å²) >= 11 is 0. The van der Waals surface area contributed by atoms with E-state index in [9.17, 15) is 4.79 Å². The molecule has 3 N–H and O–H groups in total. The highest BCUT2D eigenvalue weighted by molar-refractivity contribution is 5.96. The lowest BCUT2D eigenvalue weighted by molar-refractivity contribution is 0.0999. The smallest absolute Gasteiger partial charge is 0.261 e. The van der Waals surface area contributed by atoms with Crippen LogP contribution in [0.1, 0.15) is 30.5 Å². The average molecular weight is 265 g/mol. The molecule has 19 heavy (non-hydrogen) atoms. The van der Waals surface area contributed by atoms with Gasteiger partial charge in [-0.2, -0.15) is 0 Å². The maximum absolute atomic E-state index is 12.2. The number of pyridine rings is 1. The Morgan fingerprint density at radius 3 is 3.05 bits per heavy atom. The van der Waals surface area contributed by atoms with Gasteiger partial charge in [0.2, 0.25) is 0 Å². The van der Waals surface area contributed by atoms with Crippen molar-refractivity contribution in [3.8, 4) is 0 Å². The van der Waals surface area contributed by atoms with E-state index in [1.165, 1.54) is 0 Å². The van der Waals surface area contributed by atoms with Crippen molar-refractivity contribution in [1.82, 2.24) is 4.57 Å². The molecule has 1 aromatic rings. The number of aryl methyl sites for hydroxylation is 1. The van der Waals surface area contributed by atoms with E-state index in [4.69, 9.17) is 15.7 Å². The van der Waals surface area contributed by atoms with Crippen molar-refractivity contribution in [3.05, 3.63) is 33.7 Å². The van der Waals surface area contributed by atoms with Gasteiger partial charge in [-0.05, 0) is 38.3 Å². The largest absolute Gasteiger partial charge is 0.409 e. The zero-order valence-corrected chi connectivity index (χ0v) is 11.0. The van der Waals surface area contributed by atoms with Crippen LogP contribution in [0.5, 0.6) is 0 Å². The van der Waals surface area contributed by atoms with Crippen LogP contribution < -0.4 is 11.3 Å². The van der Waals surface area contributed by atoms with Gasteiger partial charge in [-0.15, -0.1) is 0 Å². The Hall–Kier alpha value is -1.82. The Bertz CT molecular complexity index is 530. The average Bonchev–Trinajstić information content (AvgIpc) is 2.91. The van der Waals surface area contributed by atoms with Gasteiger partial charge in [0.15, 0.2) is 5.84 Å². The molecule has 0 aromatic carbocycles. The van der Waals surface area contributed by atoms with E-state index >= 15 is 0 Å². The van der Waals surface area contributed by atoms with Crippen molar-refractivity contribution in [2.24, 2.45) is 10.9 Å². The van der Waals surface area contributed by atoms with Crippen molar-refractivity contribution in [2.75, 3.05) is 6.61 Å². The molecular weight excluding hydrogens is 246 g/mol. The van der Waals surface area contributed by atoms with Gasteiger partial charge in [0, 0.05) is 18.8 Å². The molecule has 1 aromatic heterocycles. The van der Waals surface area contributed by atoms with Crippen LogP contribution in [0.25, 0.3) is 0 Å². The molecule has 1 fully saturated rings. The number of hydrogen-bond acceptors (Lipinski definition) is 4. The van der Waals surface area contributed by atoms with Crippen LogP contribution >= 0.6 is 0 Å². The third kappa shape index (κ3) is 2.96. The summed E-state index contributed by atoms with van der Waals surface area (Å²) in [6.45, 7) is 3.26. The molecule has 1 saturated heterocycles. The fourth-order valence-electron chi connectivity index (χ4n) is 2.34. The summed E-state index contributed by atoms with van der Waals surface area (Å²) in [6.07, 6.45) is 3.18. The van der Waals surface area contributed by atoms with Crippen LogP contribution in [0, 0.1) is 6.92 Å². The molecule has 6 heteroatoms. The topological polar surface area (TPSA) is 89.8 Å². The minimum Gasteiger partial charge on any atom is -0.409 e. The summed E-state index contributed by atoms with van der Waals surface area (Å²) < 4.78 is 7.20. The zero-order chi connectivity index (χ0) is 13.8. The molecule has 2 rings (SSSR count). The molecule has 0 radical (unpaired) electrons. The molecule has 2 heterocycles. The zero-order valence-electron chi connectivity index (χ0n) is 11.0. The Labute approximate surface area is 111 Å². The molecule has 1 aliphatic heterocycles. The number of rotatable bonds is 4. The van der Waals surface area contributed by atoms with Crippen LogP contribution in [0.2, 0.25) is 0 Å². The van der Waals surface area contributed by atoms with Crippen molar-refractivity contribution in [2.45, 2.75) is 38.8 Å². The van der Waals surface area contributed by atoms with Crippen molar-refractivity contribution < 1.29 is 9.94 Å². The van der Waals surface area contributed by atoms with E-state index in [1.807, 2.05) is 6.92 Å². The lowest BCUT2D eigenvalue weighted by Crippen LogP contribution is -2.32. The first kappa shape index (κ1) is 13.6. The fraction of sp³-hybridized carbons (Fsp3) is 0.538.